The molecule has 7 nitrogen and oxygen atoms in total. The molecule has 1 amide bonds. The first kappa shape index (κ1) is 27.7. The maximum atomic E-state index is 13.4. The molecule has 194 valence electrons. The van der Waals surface area contributed by atoms with Gasteiger partial charge in [-0.2, -0.15) is 16.9 Å². The highest BCUT2D eigenvalue weighted by atomic mass is 32.2. The van der Waals surface area contributed by atoms with Gasteiger partial charge in [0.15, 0.2) is 0 Å². The van der Waals surface area contributed by atoms with Gasteiger partial charge in [0, 0.05) is 31.9 Å². The Balaban J connectivity index is 1.86. The molecule has 2 atom stereocenters. The zero-order valence-corrected chi connectivity index (χ0v) is 22.5. The minimum absolute atomic E-state index is 0.288. The van der Waals surface area contributed by atoms with E-state index < -0.39 is 12.0 Å². The number of amides is 1. The van der Waals surface area contributed by atoms with Gasteiger partial charge in [0.25, 0.3) is 5.91 Å². The van der Waals surface area contributed by atoms with Crippen LogP contribution in [-0.2, 0) is 20.7 Å². The molecular formula is C28H37N3O4S. The van der Waals surface area contributed by atoms with Crippen molar-refractivity contribution in [3.8, 4) is 11.1 Å². The van der Waals surface area contributed by atoms with Gasteiger partial charge in [0.2, 0.25) is 0 Å². The molecule has 1 aliphatic rings. The van der Waals surface area contributed by atoms with Crippen LogP contribution in [0.2, 0.25) is 0 Å². The zero-order valence-electron chi connectivity index (χ0n) is 21.7. The standard InChI is InChI=1S/C28H37N3O4S/c1-20-8-5-6-10-23(20)25-18-21(13-15-29-31-16-7-9-22(31)19-34-2)11-12-24(25)27(32)30-26(14-17-36-4)28(33)35-3/h5-6,8,10-12,15,18,22,26H,7,9,13-14,16-17,19H2,1-4H3,(H,30,32)/t22-,26+/m1/s1. The minimum Gasteiger partial charge on any atom is -0.467 e. The van der Waals surface area contributed by atoms with Crippen LogP contribution in [0.4, 0.5) is 0 Å². The Hall–Kier alpha value is -2.84. The summed E-state index contributed by atoms with van der Waals surface area (Å²) in [4.78, 5) is 25.6. The Bertz CT molecular complexity index is 1060. The predicted octanol–water partition coefficient (Wildman–Crippen LogP) is 4.33. The second kappa shape index (κ2) is 14.0. The number of rotatable bonds is 12. The zero-order chi connectivity index (χ0) is 25.9. The molecule has 8 heteroatoms. The van der Waals surface area contributed by atoms with Gasteiger partial charge < -0.3 is 14.8 Å². The molecule has 1 N–H and O–H groups in total. The van der Waals surface area contributed by atoms with Crippen molar-refractivity contribution in [3.05, 3.63) is 59.2 Å². The molecule has 1 fully saturated rings. The quantitative estimate of drug-likeness (QED) is 0.338. The van der Waals surface area contributed by atoms with Gasteiger partial charge in [-0.1, -0.05) is 30.3 Å². The van der Waals surface area contributed by atoms with Crippen molar-refractivity contribution >= 4 is 29.9 Å². The van der Waals surface area contributed by atoms with E-state index in [2.05, 4.69) is 21.5 Å². The van der Waals surface area contributed by atoms with E-state index in [0.29, 0.717) is 31.1 Å². The summed E-state index contributed by atoms with van der Waals surface area (Å²) >= 11 is 1.62. The smallest absolute Gasteiger partial charge is 0.328 e. The van der Waals surface area contributed by atoms with Crippen LogP contribution >= 0.6 is 11.8 Å². The summed E-state index contributed by atoms with van der Waals surface area (Å²) < 4.78 is 10.2. The Labute approximate surface area is 218 Å². The molecule has 3 rings (SSSR count). The van der Waals surface area contributed by atoms with Crippen molar-refractivity contribution < 1.29 is 19.1 Å². The molecule has 1 aliphatic heterocycles. The number of nitrogens with one attached hydrogen (secondary N) is 1. The van der Waals surface area contributed by atoms with Crippen LogP contribution in [0.5, 0.6) is 0 Å². The number of thioether (sulfide) groups is 1. The van der Waals surface area contributed by atoms with E-state index in [-0.39, 0.29) is 5.91 Å². The van der Waals surface area contributed by atoms with Gasteiger partial charge in [-0.15, -0.1) is 0 Å². The van der Waals surface area contributed by atoms with Gasteiger partial charge in [-0.3, -0.25) is 9.80 Å². The minimum atomic E-state index is -0.688. The number of ether oxygens (including phenoxy) is 2. The van der Waals surface area contributed by atoms with E-state index in [1.807, 2.05) is 55.8 Å². The summed E-state index contributed by atoms with van der Waals surface area (Å²) in [6.07, 6.45) is 7.27. The molecule has 2 aromatic rings. The van der Waals surface area contributed by atoms with E-state index in [1.165, 1.54) is 7.11 Å². The van der Waals surface area contributed by atoms with Crippen molar-refractivity contribution in [3.63, 3.8) is 0 Å². The highest BCUT2D eigenvalue weighted by Gasteiger charge is 2.24. The lowest BCUT2D eigenvalue weighted by Gasteiger charge is -2.20. The summed E-state index contributed by atoms with van der Waals surface area (Å²) in [5.74, 6) is 0.0198. The highest BCUT2D eigenvalue weighted by Crippen LogP contribution is 2.28. The summed E-state index contributed by atoms with van der Waals surface area (Å²) in [7, 11) is 3.07. The van der Waals surface area contributed by atoms with E-state index in [0.717, 1.165) is 47.4 Å². The monoisotopic (exact) mass is 511 g/mol. The largest absolute Gasteiger partial charge is 0.467 e. The van der Waals surface area contributed by atoms with Gasteiger partial charge in [-0.25, -0.2) is 4.79 Å². The average Bonchev–Trinajstić information content (AvgIpc) is 3.33. The molecule has 0 aliphatic carbocycles. The number of carbonyl (C=O) groups excluding carboxylic acids is 2. The number of hydrogen-bond donors (Lipinski definition) is 1. The van der Waals surface area contributed by atoms with Gasteiger partial charge in [0.1, 0.15) is 6.04 Å². The number of aryl methyl sites for hydroxylation is 1. The number of esters is 1. The van der Waals surface area contributed by atoms with Gasteiger partial charge >= 0.3 is 5.97 Å². The van der Waals surface area contributed by atoms with Crippen molar-refractivity contribution in [2.75, 3.05) is 39.4 Å². The second-order valence-electron chi connectivity index (χ2n) is 8.94. The molecule has 1 heterocycles. The molecule has 0 aromatic heterocycles. The van der Waals surface area contributed by atoms with Crippen LogP contribution in [0.3, 0.4) is 0 Å². The molecule has 36 heavy (non-hydrogen) atoms. The van der Waals surface area contributed by atoms with Crippen LogP contribution in [0.15, 0.2) is 47.6 Å². The lowest BCUT2D eigenvalue weighted by Crippen LogP contribution is -2.42. The third-order valence-electron chi connectivity index (χ3n) is 6.43. The number of methoxy groups -OCH3 is 2. The Kier molecular flexibility index (Phi) is 10.8. The predicted molar refractivity (Wildman–Crippen MR) is 147 cm³/mol. The molecular weight excluding hydrogens is 474 g/mol. The normalized spacial score (nSPS) is 16.3. The second-order valence-corrected chi connectivity index (χ2v) is 9.93. The molecule has 2 aromatic carbocycles. The van der Waals surface area contributed by atoms with Crippen molar-refractivity contribution in [1.29, 1.82) is 0 Å². The van der Waals surface area contributed by atoms with E-state index in [4.69, 9.17) is 9.47 Å². The van der Waals surface area contributed by atoms with Gasteiger partial charge in [0.05, 0.1) is 19.8 Å². The fourth-order valence-corrected chi connectivity index (χ4v) is 4.93. The Morgan fingerprint density at radius 1 is 1.22 bits per heavy atom. The van der Waals surface area contributed by atoms with Crippen molar-refractivity contribution in [2.24, 2.45) is 5.10 Å². The van der Waals surface area contributed by atoms with Crippen LogP contribution in [0.25, 0.3) is 11.1 Å². The molecule has 0 bridgehead atoms. The van der Waals surface area contributed by atoms with Crippen LogP contribution < -0.4 is 5.32 Å². The molecule has 0 radical (unpaired) electrons. The molecule has 0 spiro atoms. The summed E-state index contributed by atoms with van der Waals surface area (Å²) in [6, 6.07) is 13.5. The number of nitrogens with zero attached hydrogens (tertiary/aromatic N) is 2. The average molecular weight is 512 g/mol. The topological polar surface area (TPSA) is 80.2 Å². The number of hydrazone groups is 1. The van der Waals surface area contributed by atoms with Crippen molar-refractivity contribution in [1.82, 2.24) is 10.3 Å². The van der Waals surface area contributed by atoms with E-state index in [9.17, 15) is 9.59 Å². The highest BCUT2D eigenvalue weighted by molar-refractivity contribution is 7.98. The van der Waals surface area contributed by atoms with Crippen molar-refractivity contribution in [2.45, 2.75) is 44.7 Å². The maximum absolute atomic E-state index is 13.4. The fourth-order valence-electron chi connectivity index (χ4n) is 4.46. The molecule has 0 unspecified atom stereocenters. The maximum Gasteiger partial charge on any atom is 0.328 e. The van der Waals surface area contributed by atoms with E-state index in [1.54, 1.807) is 18.9 Å². The Morgan fingerprint density at radius 3 is 2.75 bits per heavy atom. The number of benzene rings is 2. The number of carbonyl (C=O) groups is 2. The SMILES string of the molecule is COC[C@H]1CCCN1N=CCc1ccc(C(=O)N[C@@H](CCSC)C(=O)OC)c(-c2ccccc2C)c1. The lowest BCUT2D eigenvalue weighted by molar-refractivity contribution is -0.142. The first-order valence-corrected chi connectivity index (χ1v) is 13.7. The van der Waals surface area contributed by atoms with Gasteiger partial charge in [-0.05, 0) is 72.6 Å². The Morgan fingerprint density at radius 2 is 2.03 bits per heavy atom. The molecule has 0 saturated carbocycles. The summed E-state index contributed by atoms with van der Waals surface area (Å²) in [5.41, 5.74) is 4.48. The van der Waals surface area contributed by atoms with Crippen LogP contribution in [-0.4, -0.2) is 74.6 Å². The summed E-state index contributed by atoms with van der Waals surface area (Å²) in [5, 5.41) is 9.69. The first-order chi connectivity index (χ1) is 17.5. The first-order valence-electron chi connectivity index (χ1n) is 12.3. The number of hydrogen-bond acceptors (Lipinski definition) is 7. The third-order valence-corrected chi connectivity index (χ3v) is 7.07. The summed E-state index contributed by atoms with van der Waals surface area (Å²) in [6.45, 7) is 3.66. The van der Waals surface area contributed by atoms with Crippen LogP contribution in [0.1, 0.15) is 40.7 Å². The molecule has 1 saturated heterocycles. The lowest BCUT2D eigenvalue weighted by atomic mass is 9.93. The van der Waals surface area contributed by atoms with E-state index >= 15 is 0 Å². The van der Waals surface area contributed by atoms with Crippen LogP contribution in [0, 0.1) is 6.92 Å². The third kappa shape index (κ3) is 7.34. The fraction of sp³-hybridized carbons (Fsp3) is 0.464.